The highest BCUT2D eigenvalue weighted by Gasteiger charge is 2.10. The van der Waals surface area contributed by atoms with Gasteiger partial charge in [0, 0.05) is 11.3 Å². The molecule has 0 aliphatic heterocycles. The Morgan fingerprint density at radius 1 is 1.00 bits per heavy atom. The van der Waals surface area contributed by atoms with E-state index in [-0.39, 0.29) is 5.75 Å². The molecule has 0 unspecified atom stereocenters. The van der Waals surface area contributed by atoms with E-state index in [0.29, 0.717) is 23.4 Å². The van der Waals surface area contributed by atoms with Crippen molar-refractivity contribution in [3.05, 3.63) is 52.6 Å². The Kier molecular flexibility index (Phi) is 5.85. The van der Waals surface area contributed by atoms with Gasteiger partial charge in [0.15, 0.2) is 11.5 Å². The highest BCUT2D eigenvalue weighted by atomic mass is 16.5. The van der Waals surface area contributed by atoms with Crippen LogP contribution in [0.3, 0.4) is 0 Å². The summed E-state index contributed by atoms with van der Waals surface area (Å²) in [5.41, 5.74) is 4.37. The van der Waals surface area contributed by atoms with Crippen LogP contribution in [0.4, 0.5) is 0 Å². The lowest BCUT2D eigenvalue weighted by Gasteiger charge is -2.11. The monoisotopic (exact) mass is 327 g/mol. The fourth-order valence-corrected chi connectivity index (χ4v) is 2.68. The quantitative estimate of drug-likeness (QED) is 0.740. The van der Waals surface area contributed by atoms with Crippen LogP contribution >= 0.6 is 0 Å². The van der Waals surface area contributed by atoms with Crippen molar-refractivity contribution in [3.63, 3.8) is 0 Å². The highest BCUT2D eigenvalue weighted by Crippen LogP contribution is 2.28. The largest absolute Gasteiger partial charge is 0.507 e. The molecule has 0 radical (unpaired) electrons. The third kappa shape index (κ3) is 4.07. The van der Waals surface area contributed by atoms with Gasteiger partial charge in [-0.2, -0.15) is 0 Å². The summed E-state index contributed by atoms with van der Waals surface area (Å²) in [7, 11) is 3.24. The highest BCUT2D eigenvalue weighted by molar-refractivity contribution is 6.00. The van der Waals surface area contributed by atoms with Gasteiger partial charge in [-0.1, -0.05) is 6.07 Å². The van der Waals surface area contributed by atoms with Crippen molar-refractivity contribution in [2.75, 3.05) is 14.2 Å². The van der Waals surface area contributed by atoms with Crippen LogP contribution < -0.4 is 9.47 Å². The van der Waals surface area contributed by atoms with Crippen LogP contribution in [0.2, 0.25) is 0 Å². The lowest BCUT2D eigenvalue weighted by Crippen LogP contribution is -2.02. The molecule has 0 heterocycles. The normalized spacial score (nSPS) is 10.5. The van der Waals surface area contributed by atoms with Crippen LogP contribution in [0.1, 0.15) is 35.1 Å². The minimum atomic E-state index is 0.189. The van der Waals surface area contributed by atoms with E-state index in [0.717, 1.165) is 35.3 Å². The molecule has 0 bridgehead atoms. The molecule has 0 aliphatic rings. The van der Waals surface area contributed by atoms with E-state index in [2.05, 4.69) is 0 Å². The molecule has 2 aromatic rings. The molecule has 4 nitrogen and oxygen atoms in total. The van der Waals surface area contributed by atoms with Crippen molar-refractivity contribution in [3.8, 4) is 17.2 Å². The molecule has 24 heavy (non-hydrogen) atoms. The summed E-state index contributed by atoms with van der Waals surface area (Å²) >= 11 is 0. The van der Waals surface area contributed by atoms with Gasteiger partial charge in [0.2, 0.25) is 0 Å². The Bertz CT molecular complexity index is 738. The van der Waals surface area contributed by atoms with E-state index < -0.39 is 0 Å². The number of benzene rings is 2. The van der Waals surface area contributed by atoms with E-state index in [4.69, 9.17) is 14.9 Å². The first-order valence-corrected chi connectivity index (χ1v) is 8.05. The number of phenols is 1. The lowest BCUT2D eigenvalue weighted by atomic mass is 9.98. The molecule has 0 saturated carbocycles. The summed E-state index contributed by atoms with van der Waals surface area (Å²) in [6.45, 7) is 3.95. The summed E-state index contributed by atoms with van der Waals surface area (Å²) in [5.74, 6) is 1.63. The molecule has 0 amide bonds. The van der Waals surface area contributed by atoms with Crippen LogP contribution in [0, 0.1) is 19.3 Å². The number of rotatable bonds is 7. The second-order valence-electron chi connectivity index (χ2n) is 5.98. The number of hydrogen-bond donors (Lipinski definition) is 2. The van der Waals surface area contributed by atoms with Gasteiger partial charge in [-0.05, 0) is 74.1 Å². The fraction of sp³-hybridized carbons (Fsp3) is 0.350. The number of ether oxygens (including phenoxy) is 2. The minimum absolute atomic E-state index is 0.189. The number of nitrogens with one attached hydrogen (secondary N) is 1. The van der Waals surface area contributed by atoms with E-state index in [9.17, 15) is 5.11 Å². The second-order valence-corrected chi connectivity index (χ2v) is 5.98. The maximum Gasteiger partial charge on any atom is 0.160 e. The Morgan fingerprint density at radius 2 is 1.67 bits per heavy atom. The summed E-state index contributed by atoms with van der Waals surface area (Å²) in [6.07, 6.45) is 2.29. The maximum atomic E-state index is 10.1. The Labute approximate surface area is 143 Å². The maximum absolute atomic E-state index is 10.1. The average molecular weight is 327 g/mol. The van der Waals surface area contributed by atoms with Gasteiger partial charge in [0.25, 0.3) is 0 Å². The van der Waals surface area contributed by atoms with Gasteiger partial charge in [-0.3, -0.25) is 0 Å². The molecule has 2 N–H and O–H groups in total. The number of methoxy groups -OCH3 is 2. The van der Waals surface area contributed by atoms with E-state index >= 15 is 0 Å². The topological polar surface area (TPSA) is 62.5 Å². The molecule has 128 valence electrons. The zero-order chi connectivity index (χ0) is 17.7. The van der Waals surface area contributed by atoms with Gasteiger partial charge in [-0.15, -0.1) is 0 Å². The van der Waals surface area contributed by atoms with Crippen molar-refractivity contribution in [1.82, 2.24) is 0 Å². The van der Waals surface area contributed by atoms with Crippen LogP contribution in [0.5, 0.6) is 17.2 Å². The van der Waals surface area contributed by atoms with Crippen molar-refractivity contribution >= 4 is 5.71 Å². The molecule has 0 aromatic heterocycles. The fourth-order valence-electron chi connectivity index (χ4n) is 2.68. The Morgan fingerprint density at radius 3 is 2.33 bits per heavy atom. The predicted octanol–water partition coefficient (Wildman–Crippen LogP) is 4.42. The first kappa shape index (κ1) is 17.9. The number of aryl methyl sites for hydroxylation is 3. The van der Waals surface area contributed by atoms with Crippen LogP contribution in [-0.4, -0.2) is 25.0 Å². The molecule has 2 rings (SSSR count). The molecular weight excluding hydrogens is 302 g/mol. The molecule has 2 aromatic carbocycles. The SMILES string of the molecule is COc1ccc(CCCC(=N)c2cc(C)c(C)cc2O)cc1OC. The molecule has 0 saturated heterocycles. The summed E-state index contributed by atoms with van der Waals surface area (Å²) in [5, 5.41) is 18.3. The van der Waals surface area contributed by atoms with Gasteiger partial charge < -0.3 is 20.0 Å². The Balaban J connectivity index is 1.99. The van der Waals surface area contributed by atoms with Crippen LogP contribution in [-0.2, 0) is 6.42 Å². The number of phenolic OH excluding ortho intramolecular Hbond substituents is 1. The van der Waals surface area contributed by atoms with Gasteiger partial charge in [0.05, 0.1) is 14.2 Å². The molecule has 0 atom stereocenters. The zero-order valence-electron chi connectivity index (χ0n) is 14.8. The lowest BCUT2D eigenvalue weighted by molar-refractivity contribution is 0.354. The van der Waals surface area contributed by atoms with Crippen molar-refractivity contribution in [1.29, 1.82) is 5.41 Å². The first-order chi connectivity index (χ1) is 11.5. The number of hydrogen-bond acceptors (Lipinski definition) is 4. The van der Waals surface area contributed by atoms with Crippen LogP contribution in [0.25, 0.3) is 0 Å². The average Bonchev–Trinajstić information content (AvgIpc) is 2.57. The smallest absolute Gasteiger partial charge is 0.160 e. The summed E-state index contributed by atoms with van der Waals surface area (Å²) in [6, 6.07) is 9.50. The van der Waals surface area contributed by atoms with Crippen molar-refractivity contribution in [2.24, 2.45) is 0 Å². The molecule has 0 aliphatic carbocycles. The van der Waals surface area contributed by atoms with E-state index in [1.807, 2.05) is 38.1 Å². The van der Waals surface area contributed by atoms with E-state index in [1.54, 1.807) is 20.3 Å². The van der Waals surface area contributed by atoms with E-state index in [1.165, 1.54) is 0 Å². The minimum Gasteiger partial charge on any atom is -0.507 e. The third-order valence-electron chi connectivity index (χ3n) is 4.28. The molecule has 4 heteroatoms. The van der Waals surface area contributed by atoms with Crippen molar-refractivity contribution < 1.29 is 14.6 Å². The summed E-state index contributed by atoms with van der Waals surface area (Å²) < 4.78 is 10.6. The zero-order valence-corrected chi connectivity index (χ0v) is 14.8. The standard InChI is InChI=1S/C20H25NO3/c1-13-10-16(18(22)11-14(13)2)17(21)7-5-6-15-8-9-19(23-3)20(12-15)24-4/h8-12,21-22H,5-7H2,1-4H3. The second kappa shape index (κ2) is 7.86. The number of aromatic hydroxyl groups is 1. The van der Waals surface area contributed by atoms with Crippen molar-refractivity contribution in [2.45, 2.75) is 33.1 Å². The van der Waals surface area contributed by atoms with Gasteiger partial charge in [0.1, 0.15) is 5.75 Å². The summed E-state index contributed by atoms with van der Waals surface area (Å²) in [4.78, 5) is 0. The van der Waals surface area contributed by atoms with Crippen LogP contribution in [0.15, 0.2) is 30.3 Å². The Hall–Kier alpha value is -2.49. The van der Waals surface area contributed by atoms with Gasteiger partial charge in [-0.25, -0.2) is 0 Å². The molecule has 0 spiro atoms. The molecular formula is C20H25NO3. The third-order valence-corrected chi connectivity index (χ3v) is 4.28. The van der Waals surface area contributed by atoms with Gasteiger partial charge >= 0.3 is 0 Å². The molecule has 0 fully saturated rings. The predicted molar refractivity (Wildman–Crippen MR) is 96.9 cm³/mol. The first-order valence-electron chi connectivity index (χ1n) is 8.05.